The molecule has 0 radical (unpaired) electrons. The van der Waals surface area contributed by atoms with Gasteiger partial charge in [0.1, 0.15) is 5.65 Å². The molecule has 0 aromatic carbocycles. The first kappa shape index (κ1) is 20.5. The number of amides is 1. The second kappa shape index (κ2) is 8.16. The van der Waals surface area contributed by atoms with Gasteiger partial charge in [-0.3, -0.25) is 4.79 Å². The molecular weight excluding hydrogens is 411 g/mol. The Morgan fingerprint density at radius 3 is 3.07 bits per heavy atom. The smallest absolute Gasteiger partial charge is 0.216 e. The summed E-state index contributed by atoms with van der Waals surface area (Å²) >= 11 is 6.05. The quantitative estimate of drug-likeness (QED) is 0.492. The number of carbonyl (C=O) groups excluding carboxylic acids is 1. The Kier molecular flexibility index (Phi) is 5.57. The van der Waals surface area contributed by atoms with Crippen molar-refractivity contribution in [2.24, 2.45) is 0 Å². The van der Waals surface area contributed by atoms with Gasteiger partial charge in [0.15, 0.2) is 17.5 Å². The third kappa shape index (κ3) is 4.36. The summed E-state index contributed by atoms with van der Waals surface area (Å²) < 4.78 is 14.4. The van der Waals surface area contributed by atoms with E-state index in [4.69, 9.17) is 11.6 Å². The van der Waals surface area contributed by atoms with Gasteiger partial charge in [-0.05, 0) is 31.7 Å². The Bertz CT molecular complexity index is 1090. The molecule has 1 aliphatic carbocycles. The van der Waals surface area contributed by atoms with Crippen LogP contribution in [0.1, 0.15) is 32.6 Å². The summed E-state index contributed by atoms with van der Waals surface area (Å²) in [6.07, 6.45) is 6.82. The molecule has 1 aliphatic rings. The fourth-order valence-corrected chi connectivity index (χ4v) is 4.03. The number of hydrogen-bond acceptors (Lipinski definition) is 6. The minimum atomic E-state index is -1.03. The van der Waals surface area contributed by atoms with Gasteiger partial charge in [-0.1, -0.05) is 11.6 Å². The maximum Gasteiger partial charge on any atom is 0.216 e. The highest BCUT2D eigenvalue weighted by molar-refractivity contribution is 6.31. The fraction of sp³-hybridized carbons (Fsp3) is 0.400. The van der Waals surface area contributed by atoms with E-state index in [1.807, 2.05) is 0 Å². The lowest BCUT2D eigenvalue weighted by Crippen LogP contribution is -2.48. The molecule has 30 heavy (non-hydrogen) atoms. The number of pyridine rings is 1. The molecule has 10 heteroatoms. The number of halogens is 2. The summed E-state index contributed by atoms with van der Waals surface area (Å²) in [6, 6.07) is 1.56. The molecule has 4 N–H and O–H groups in total. The number of fused-ring (bicyclic) bond motifs is 1. The van der Waals surface area contributed by atoms with Crippen LogP contribution in [0.5, 0.6) is 0 Å². The van der Waals surface area contributed by atoms with Gasteiger partial charge in [0.05, 0.1) is 16.8 Å². The highest BCUT2D eigenvalue weighted by atomic mass is 35.5. The molecule has 1 amide bonds. The molecule has 1 saturated carbocycles. The molecule has 4 rings (SSSR count). The zero-order chi connectivity index (χ0) is 21.3. The first-order valence-corrected chi connectivity index (χ1v) is 10.1. The maximum atomic E-state index is 14.4. The highest BCUT2D eigenvalue weighted by Gasteiger charge is 2.35. The second-order valence-corrected chi connectivity index (χ2v) is 8.15. The van der Waals surface area contributed by atoms with E-state index in [1.165, 1.54) is 13.1 Å². The Hall–Kier alpha value is -2.78. The van der Waals surface area contributed by atoms with E-state index in [-0.39, 0.29) is 24.3 Å². The van der Waals surface area contributed by atoms with E-state index in [9.17, 15) is 14.3 Å². The largest absolute Gasteiger partial charge is 0.388 e. The van der Waals surface area contributed by atoms with E-state index in [0.717, 1.165) is 24.4 Å². The van der Waals surface area contributed by atoms with Crippen molar-refractivity contribution in [1.82, 2.24) is 25.3 Å². The molecule has 2 atom stereocenters. The number of rotatable bonds is 5. The van der Waals surface area contributed by atoms with E-state index < -0.39 is 11.4 Å². The summed E-state index contributed by atoms with van der Waals surface area (Å²) in [5.41, 5.74) is 0.258. The summed E-state index contributed by atoms with van der Waals surface area (Å²) in [5.74, 6) is -0.374. The van der Waals surface area contributed by atoms with Crippen LogP contribution in [-0.4, -0.2) is 49.1 Å². The van der Waals surface area contributed by atoms with E-state index in [1.54, 1.807) is 12.3 Å². The van der Waals surface area contributed by atoms with Crippen LogP contribution < -0.4 is 10.6 Å². The van der Waals surface area contributed by atoms with E-state index in [0.29, 0.717) is 34.9 Å². The molecule has 0 aliphatic heterocycles. The molecule has 3 aromatic heterocycles. The van der Waals surface area contributed by atoms with Crippen molar-refractivity contribution in [1.29, 1.82) is 0 Å². The van der Waals surface area contributed by atoms with E-state index >= 15 is 0 Å². The number of H-pyrrole nitrogens is 1. The van der Waals surface area contributed by atoms with Gasteiger partial charge in [0.2, 0.25) is 5.91 Å². The number of anilines is 1. The van der Waals surface area contributed by atoms with Gasteiger partial charge in [-0.2, -0.15) is 0 Å². The number of aliphatic hydroxyl groups is 1. The third-order valence-corrected chi connectivity index (χ3v) is 5.52. The van der Waals surface area contributed by atoms with Gasteiger partial charge in [-0.25, -0.2) is 19.3 Å². The fourth-order valence-electron chi connectivity index (χ4n) is 3.87. The van der Waals surface area contributed by atoms with Gasteiger partial charge >= 0.3 is 0 Å². The van der Waals surface area contributed by atoms with Crippen LogP contribution in [0.15, 0.2) is 24.7 Å². The van der Waals surface area contributed by atoms with Crippen LogP contribution in [0.4, 0.5) is 10.2 Å². The van der Waals surface area contributed by atoms with Gasteiger partial charge < -0.3 is 20.7 Å². The van der Waals surface area contributed by atoms with Crippen LogP contribution in [0.3, 0.4) is 0 Å². The van der Waals surface area contributed by atoms with Crippen LogP contribution in [0.2, 0.25) is 5.02 Å². The van der Waals surface area contributed by atoms with Crippen molar-refractivity contribution < 1.29 is 14.3 Å². The van der Waals surface area contributed by atoms with Crippen LogP contribution in [-0.2, 0) is 4.79 Å². The lowest BCUT2D eigenvalue weighted by atomic mass is 9.81. The molecule has 3 aromatic rings. The highest BCUT2D eigenvalue weighted by Crippen LogP contribution is 2.31. The van der Waals surface area contributed by atoms with Crippen molar-refractivity contribution in [3.8, 4) is 11.4 Å². The molecule has 0 saturated heterocycles. The van der Waals surface area contributed by atoms with Crippen molar-refractivity contribution in [2.75, 3.05) is 11.9 Å². The molecule has 1 fully saturated rings. The number of aromatic nitrogens is 4. The summed E-state index contributed by atoms with van der Waals surface area (Å²) in [4.78, 5) is 26.9. The summed E-state index contributed by atoms with van der Waals surface area (Å²) in [5, 5.41) is 17.8. The van der Waals surface area contributed by atoms with Crippen molar-refractivity contribution in [2.45, 2.75) is 44.2 Å². The zero-order valence-corrected chi connectivity index (χ0v) is 17.1. The maximum absolute atomic E-state index is 14.4. The molecule has 0 spiro atoms. The minimum Gasteiger partial charge on any atom is -0.388 e. The van der Waals surface area contributed by atoms with Crippen LogP contribution in [0.25, 0.3) is 22.4 Å². The molecule has 0 unspecified atom stereocenters. The van der Waals surface area contributed by atoms with Crippen LogP contribution in [0, 0.1) is 5.82 Å². The topological polar surface area (TPSA) is 116 Å². The Morgan fingerprint density at radius 2 is 2.27 bits per heavy atom. The molecule has 0 bridgehead atoms. The Morgan fingerprint density at radius 1 is 1.43 bits per heavy atom. The van der Waals surface area contributed by atoms with Crippen molar-refractivity contribution in [3.05, 3.63) is 35.5 Å². The first-order valence-electron chi connectivity index (χ1n) is 9.72. The average molecular weight is 433 g/mol. The Labute approximate surface area is 177 Å². The molecule has 3 heterocycles. The average Bonchev–Trinajstić information content (AvgIpc) is 3.11. The standard InChI is InChI=1S/C20H22ClFN6O2/c1-11(29)26-10-20(30)4-2-3-13(6-20)27-19-16(22)9-25-18(28-19)15-8-24-17-14(15)5-12(21)7-23-17/h5,7-9,13,30H,2-4,6,10H2,1H3,(H,23,24)(H,26,29)(H,25,27,28)/t13-,20+/m0/s1. The number of nitrogens with zero attached hydrogens (tertiary/aromatic N) is 3. The SMILES string of the molecule is CC(=O)NC[C@@]1(O)CCC[C@H](Nc2nc(-c3c[nH]c4ncc(Cl)cc34)ncc2F)C1. The third-order valence-electron chi connectivity index (χ3n) is 5.31. The predicted octanol–water partition coefficient (Wildman–Crippen LogP) is 3.03. The lowest BCUT2D eigenvalue weighted by molar-refractivity contribution is -0.120. The molecule has 158 valence electrons. The first-order chi connectivity index (χ1) is 14.3. The van der Waals surface area contributed by atoms with Crippen molar-refractivity contribution in [3.63, 3.8) is 0 Å². The number of hydrogen-bond donors (Lipinski definition) is 4. The van der Waals surface area contributed by atoms with Gasteiger partial charge in [0, 0.05) is 42.9 Å². The Balaban J connectivity index is 1.56. The monoisotopic (exact) mass is 432 g/mol. The molecular formula is C20H22ClFN6O2. The summed E-state index contributed by atoms with van der Waals surface area (Å²) in [7, 11) is 0. The zero-order valence-electron chi connectivity index (χ0n) is 16.4. The van der Waals surface area contributed by atoms with E-state index in [2.05, 4.69) is 30.6 Å². The van der Waals surface area contributed by atoms with Crippen LogP contribution >= 0.6 is 11.6 Å². The minimum absolute atomic E-state index is 0.0677. The predicted molar refractivity (Wildman–Crippen MR) is 112 cm³/mol. The molecule has 8 nitrogen and oxygen atoms in total. The normalized spacial score (nSPS) is 21.5. The number of nitrogens with one attached hydrogen (secondary N) is 3. The number of carbonyl (C=O) groups is 1. The van der Waals surface area contributed by atoms with Gasteiger partial charge in [0.25, 0.3) is 0 Å². The second-order valence-electron chi connectivity index (χ2n) is 7.71. The summed E-state index contributed by atoms with van der Waals surface area (Å²) in [6.45, 7) is 1.58. The van der Waals surface area contributed by atoms with Gasteiger partial charge in [-0.15, -0.1) is 0 Å². The number of aromatic amines is 1. The lowest BCUT2D eigenvalue weighted by Gasteiger charge is -2.37. The van der Waals surface area contributed by atoms with Crippen molar-refractivity contribution >= 4 is 34.4 Å².